The summed E-state index contributed by atoms with van der Waals surface area (Å²) in [5.41, 5.74) is -1.77. The fourth-order valence-corrected chi connectivity index (χ4v) is 2.64. The van der Waals surface area contributed by atoms with E-state index in [-0.39, 0.29) is 16.7 Å². The van der Waals surface area contributed by atoms with Crippen LogP contribution in [0.4, 0.5) is 13.2 Å². The van der Waals surface area contributed by atoms with E-state index < -0.39 is 34.9 Å². The van der Waals surface area contributed by atoms with Gasteiger partial charge in [0.25, 0.3) is 11.8 Å². The average molecular weight is 377 g/mol. The van der Waals surface area contributed by atoms with Gasteiger partial charge in [-0.2, -0.15) is 13.2 Å². The van der Waals surface area contributed by atoms with Gasteiger partial charge in [-0.05, 0) is 43.7 Å². The van der Waals surface area contributed by atoms with Gasteiger partial charge < -0.3 is 4.84 Å². The third kappa shape index (κ3) is 3.18. The zero-order chi connectivity index (χ0) is 20.0. The number of imide groups is 1. The van der Waals surface area contributed by atoms with Crippen molar-refractivity contribution in [3.8, 4) is 0 Å². The van der Waals surface area contributed by atoms with E-state index in [4.69, 9.17) is 4.84 Å². The van der Waals surface area contributed by atoms with E-state index in [1.165, 1.54) is 26.0 Å². The lowest BCUT2D eigenvalue weighted by Gasteiger charge is -2.25. The third-order valence-corrected chi connectivity index (χ3v) is 4.38. The summed E-state index contributed by atoms with van der Waals surface area (Å²) in [5.74, 6) is -2.49. The number of carbonyl (C=O) groups is 3. The first kappa shape index (κ1) is 18.6. The van der Waals surface area contributed by atoms with E-state index in [2.05, 4.69) is 0 Å². The molecule has 1 aliphatic rings. The SMILES string of the molecule is CC(C)(C(=O)ON1C(=O)c2ccccc2C1=O)c1ccc(C(F)(F)F)cc1. The molecule has 27 heavy (non-hydrogen) atoms. The van der Waals surface area contributed by atoms with E-state index in [1.807, 2.05) is 0 Å². The van der Waals surface area contributed by atoms with E-state index >= 15 is 0 Å². The van der Waals surface area contributed by atoms with E-state index in [0.717, 1.165) is 24.3 Å². The number of halogens is 3. The Bertz CT molecular complexity index is 898. The first-order chi connectivity index (χ1) is 12.5. The van der Waals surface area contributed by atoms with Crippen LogP contribution in [0.2, 0.25) is 0 Å². The van der Waals surface area contributed by atoms with Crippen LogP contribution in [-0.2, 0) is 21.2 Å². The van der Waals surface area contributed by atoms with Crippen LogP contribution in [-0.4, -0.2) is 22.8 Å². The fraction of sp³-hybridized carbons (Fsp3) is 0.211. The Labute approximate surface area is 152 Å². The Morgan fingerprint density at radius 3 is 1.74 bits per heavy atom. The van der Waals surface area contributed by atoms with Crippen molar-refractivity contribution in [1.29, 1.82) is 0 Å². The quantitative estimate of drug-likeness (QED) is 0.765. The van der Waals surface area contributed by atoms with Crippen molar-refractivity contribution in [1.82, 2.24) is 5.06 Å². The van der Waals surface area contributed by atoms with Crippen molar-refractivity contribution in [2.75, 3.05) is 0 Å². The first-order valence-electron chi connectivity index (χ1n) is 7.91. The summed E-state index contributed by atoms with van der Waals surface area (Å²) in [6.45, 7) is 2.85. The van der Waals surface area contributed by atoms with Crippen LogP contribution in [0.15, 0.2) is 48.5 Å². The average Bonchev–Trinajstić information content (AvgIpc) is 2.86. The molecule has 2 amide bonds. The van der Waals surface area contributed by atoms with Gasteiger partial charge in [-0.25, -0.2) is 4.79 Å². The lowest BCUT2D eigenvalue weighted by Crippen LogP contribution is -2.40. The van der Waals surface area contributed by atoms with Crippen molar-refractivity contribution in [3.05, 3.63) is 70.8 Å². The predicted octanol–water partition coefficient (Wildman–Crippen LogP) is 3.74. The standard InChI is InChI=1S/C19H14F3NO4/c1-18(2,11-7-9-12(10-8-11)19(20,21)22)17(26)27-23-15(24)13-5-3-4-6-14(13)16(23)25/h3-10H,1-2H3. The smallest absolute Gasteiger partial charge is 0.329 e. The Kier molecular flexibility index (Phi) is 4.29. The van der Waals surface area contributed by atoms with Gasteiger partial charge in [-0.3, -0.25) is 9.59 Å². The van der Waals surface area contributed by atoms with Gasteiger partial charge in [0.1, 0.15) is 0 Å². The minimum atomic E-state index is -4.50. The molecule has 0 spiro atoms. The highest BCUT2D eigenvalue weighted by Gasteiger charge is 2.42. The van der Waals surface area contributed by atoms with Crippen molar-refractivity contribution in [2.45, 2.75) is 25.4 Å². The van der Waals surface area contributed by atoms with Crippen LogP contribution >= 0.6 is 0 Å². The first-order valence-corrected chi connectivity index (χ1v) is 7.91. The molecule has 0 bridgehead atoms. The number of rotatable bonds is 3. The molecule has 0 aromatic heterocycles. The highest BCUT2D eigenvalue weighted by Crippen LogP contribution is 2.33. The summed E-state index contributed by atoms with van der Waals surface area (Å²) in [5, 5.41) is 0.374. The van der Waals surface area contributed by atoms with Crippen molar-refractivity contribution < 1.29 is 32.4 Å². The summed E-state index contributed by atoms with van der Waals surface area (Å²) >= 11 is 0. The second-order valence-corrected chi connectivity index (χ2v) is 6.53. The molecule has 0 radical (unpaired) electrons. The second kappa shape index (κ2) is 6.22. The largest absolute Gasteiger partial charge is 0.416 e. The van der Waals surface area contributed by atoms with E-state index in [1.54, 1.807) is 12.1 Å². The number of alkyl halides is 3. The maximum atomic E-state index is 12.7. The van der Waals surface area contributed by atoms with Crippen molar-refractivity contribution in [2.24, 2.45) is 0 Å². The van der Waals surface area contributed by atoms with E-state index in [9.17, 15) is 27.6 Å². The monoisotopic (exact) mass is 377 g/mol. The van der Waals surface area contributed by atoms with Crippen molar-refractivity contribution in [3.63, 3.8) is 0 Å². The molecule has 140 valence electrons. The Hall–Kier alpha value is -3.16. The van der Waals surface area contributed by atoms with Gasteiger partial charge in [0.2, 0.25) is 0 Å². The summed E-state index contributed by atoms with van der Waals surface area (Å²) in [7, 11) is 0. The van der Waals surface area contributed by atoms with Crippen LogP contribution in [0, 0.1) is 0 Å². The van der Waals surface area contributed by atoms with Gasteiger partial charge in [-0.15, -0.1) is 0 Å². The second-order valence-electron chi connectivity index (χ2n) is 6.53. The molecule has 0 unspecified atom stereocenters. The minimum Gasteiger partial charge on any atom is -0.329 e. The molecule has 1 aliphatic heterocycles. The molecule has 3 rings (SSSR count). The van der Waals surface area contributed by atoms with Crippen LogP contribution in [0.5, 0.6) is 0 Å². The molecule has 0 aliphatic carbocycles. The Morgan fingerprint density at radius 1 is 0.852 bits per heavy atom. The Morgan fingerprint density at radius 2 is 1.30 bits per heavy atom. The number of hydrogen-bond acceptors (Lipinski definition) is 4. The van der Waals surface area contributed by atoms with E-state index in [0.29, 0.717) is 5.06 Å². The molecular formula is C19H14F3NO4. The van der Waals surface area contributed by atoms with Crippen molar-refractivity contribution >= 4 is 17.8 Å². The summed E-state index contributed by atoms with van der Waals surface area (Å²) in [6.07, 6.45) is -4.50. The molecule has 0 N–H and O–H groups in total. The highest BCUT2D eigenvalue weighted by atomic mass is 19.4. The van der Waals surface area contributed by atoms with Gasteiger partial charge in [0.05, 0.1) is 22.1 Å². The lowest BCUT2D eigenvalue weighted by atomic mass is 9.84. The zero-order valence-corrected chi connectivity index (χ0v) is 14.3. The van der Waals surface area contributed by atoms with Crippen LogP contribution in [0.1, 0.15) is 45.7 Å². The molecule has 8 heteroatoms. The molecular weight excluding hydrogens is 363 g/mol. The normalized spacial score (nSPS) is 14.3. The summed E-state index contributed by atoms with van der Waals surface area (Å²) < 4.78 is 38.1. The highest BCUT2D eigenvalue weighted by molar-refractivity contribution is 6.21. The lowest BCUT2D eigenvalue weighted by molar-refractivity contribution is -0.174. The third-order valence-electron chi connectivity index (χ3n) is 4.38. The number of amides is 2. The van der Waals surface area contributed by atoms with Crippen LogP contribution in [0.3, 0.4) is 0 Å². The zero-order valence-electron chi connectivity index (χ0n) is 14.3. The van der Waals surface area contributed by atoms with Gasteiger partial charge in [0, 0.05) is 0 Å². The molecule has 2 aromatic rings. The molecule has 0 saturated carbocycles. The topological polar surface area (TPSA) is 63.7 Å². The number of hydrogen-bond donors (Lipinski definition) is 0. The maximum absolute atomic E-state index is 12.7. The molecule has 5 nitrogen and oxygen atoms in total. The molecule has 0 atom stereocenters. The van der Waals surface area contributed by atoms with Crippen LogP contribution in [0.25, 0.3) is 0 Å². The van der Waals surface area contributed by atoms with Gasteiger partial charge in [-0.1, -0.05) is 29.3 Å². The molecule has 0 fully saturated rings. The maximum Gasteiger partial charge on any atom is 0.416 e. The summed E-state index contributed by atoms with van der Waals surface area (Å²) in [4.78, 5) is 42.1. The molecule has 0 saturated heterocycles. The van der Waals surface area contributed by atoms with Crippen LogP contribution < -0.4 is 0 Å². The fourth-order valence-electron chi connectivity index (χ4n) is 2.64. The van der Waals surface area contributed by atoms with Gasteiger partial charge in [0.15, 0.2) is 0 Å². The predicted molar refractivity (Wildman–Crippen MR) is 87.5 cm³/mol. The Balaban J connectivity index is 1.81. The molecule has 1 heterocycles. The minimum absolute atomic E-state index is 0.114. The number of carbonyl (C=O) groups excluding carboxylic acids is 3. The summed E-state index contributed by atoms with van der Waals surface area (Å²) in [6, 6.07) is 10.0. The molecule has 2 aromatic carbocycles. The number of fused-ring (bicyclic) bond motifs is 1. The number of hydroxylamine groups is 2. The number of benzene rings is 2. The number of nitrogens with zero attached hydrogens (tertiary/aromatic N) is 1. The van der Waals surface area contributed by atoms with Gasteiger partial charge >= 0.3 is 12.1 Å².